The first-order valence-electron chi connectivity index (χ1n) is 3.12. The number of methoxy groups -OCH3 is 3. The quantitative estimate of drug-likeness (QED) is 0.479. The van der Waals surface area contributed by atoms with Gasteiger partial charge in [-0.25, -0.2) is 4.79 Å². The van der Waals surface area contributed by atoms with Crippen LogP contribution in [0.25, 0.3) is 0 Å². The third kappa shape index (κ3) is 1.82. The van der Waals surface area contributed by atoms with E-state index in [4.69, 9.17) is 19.3 Å². The summed E-state index contributed by atoms with van der Waals surface area (Å²) in [5.74, 6) is -2.92. The fourth-order valence-electron chi connectivity index (χ4n) is 0.751. The van der Waals surface area contributed by atoms with Gasteiger partial charge in [0.25, 0.3) is 0 Å². The summed E-state index contributed by atoms with van der Waals surface area (Å²) in [5.41, 5.74) is -0.310. The molecule has 0 spiro atoms. The molecular weight excluding hydrogens is 164 g/mol. The maximum atomic E-state index is 10.5. The Labute approximate surface area is 70.5 Å². The van der Waals surface area contributed by atoms with E-state index < -0.39 is 11.9 Å². The molecule has 0 aromatic heterocycles. The Morgan fingerprint density at radius 2 is 1.58 bits per heavy atom. The van der Waals surface area contributed by atoms with E-state index in [1.54, 1.807) is 0 Å². The average Bonchev–Trinajstić information content (AvgIpc) is 2.08. The number of carbonyl (C=O) groups is 1. The second kappa shape index (κ2) is 4.20. The molecule has 0 unspecified atom stereocenters. The molecule has 0 atom stereocenters. The van der Waals surface area contributed by atoms with E-state index in [0.717, 1.165) is 0 Å². The third-order valence-electron chi connectivity index (χ3n) is 1.43. The first-order valence-corrected chi connectivity index (χ1v) is 3.12. The van der Waals surface area contributed by atoms with Crippen molar-refractivity contribution in [3.8, 4) is 0 Å². The predicted octanol–water partition coefficient (Wildman–Crippen LogP) is 0.220. The molecule has 0 aliphatic rings. The molecule has 1 N–H and O–H groups in total. The highest BCUT2D eigenvalue weighted by atomic mass is 16.9. The van der Waals surface area contributed by atoms with Crippen LogP contribution in [-0.4, -0.2) is 38.4 Å². The zero-order valence-electron chi connectivity index (χ0n) is 7.29. The molecule has 0 radical (unpaired) electrons. The molecule has 0 heterocycles. The highest BCUT2D eigenvalue weighted by molar-refractivity contribution is 5.87. The van der Waals surface area contributed by atoms with E-state index in [1.165, 1.54) is 21.3 Å². The van der Waals surface area contributed by atoms with Crippen molar-refractivity contribution in [2.24, 2.45) is 0 Å². The fourth-order valence-corrected chi connectivity index (χ4v) is 0.751. The maximum Gasteiger partial charge on any atom is 0.339 e. The summed E-state index contributed by atoms with van der Waals surface area (Å²) in [7, 11) is 3.80. The molecule has 70 valence electrons. The van der Waals surface area contributed by atoms with Crippen LogP contribution in [0.4, 0.5) is 0 Å². The highest BCUT2D eigenvalue weighted by Gasteiger charge is 2.37. The summed E-state index contributed by atoms with van der Waals surface area (Å²) in [4.78, 5) is 10.5. The lowest BCUT2D eigenvalue weighted by atomic mass is 10.2. The molecular formula is C7H12O5. The van der Waals surface area contributed by atoms with Gasteiger partial charge in [-0.05, 0) is 0 Å². The molecule has 0 amide bonds. The summed E-state index contributed by atoms with van der Waals surface area (Å²) in [5, 5.41) is 8.57. The van der Waals surface area contributed by atoms with Crippen molar-refractivity contribution < 1.29 is 24.1 Å². The van der Waals surface area contributed by atoms with Crippen molar-refractivity contribution >= 4 is 5.97 Å². The topological polar surface area (TPSA) is 65.0 Å². The summed E-state index contributed by atoms with van der Waals surface area (Å²) < 4.78 is 14.2. The van der Waals surface area contributed by atoms with E-state index in [2.05, 4.69) is 6.58 Å². The number of carboxylic acids is 1. The van der Waals surface area contributed by atoms with E-state index in [0.29, 0.717) is 0 Å². The van der Waals surface area contributed by atoms with Crippen LogP contribution >= 0.6 is 0 Å². The molecule has 12 heavy (non-hydrogen) atoms. The van der Waals surface area contributed by atoms with Gasteiger partial charge in [-0.3, -0.25) is 0 Å². The Kier molecular flexibility index (Phi) is 3.88. The normalized spacial score (nSPS) is 11.2. The number of hydrogen-bond acceptors (Lipinski definition) is 4. The van der Waals surface area contributed by atoms with Gasteiger partial charge in [-0.1, -0.05) is 6.58 Å². The van der Waals surface area contributed by atoms with E-state index in [1.807, 2.05) is 0 Å². The number of carboxylic acid groups (broad SMARTS) is 1. The van der Waals surface area contributed by atoms with Crippen molar-refractivity contribution in [2.75, 3.05) is 21.3 Å². The first kappa shape index (κ1) is 11.1. The van der Waals surface area contributed by atoms with Gasteiger partial charge in [-0.2, -0.15) is 0 Å². The van der Waals surface area contributed by atoms with Gasteiger partial charge in [0.15, 0.2) is 0 Å². The highest BCUT2D eigenvalue weighted by Crippen LogP contribution is 2.21. The zero-order valence-corrected chi connectivity index (χ0v) is 7.29. The van der Waals surface area contributed by atoms with Gasteiger partial charge >= 0.3 is 11.9 Å². The third-order valence-corrected chi connectivity index (χ3v) is 1.43. The molecule has 0 rings (SSSR count). The van der Waals surface area contributed by atoms with Crippen molar-refractivity contribution in [3.63, 3.8) is 0 Å². The lowest BCUT2D eigenvalue weighted by Gasteiger charge is -2.28. The van der Waals surface area contributed by atoms with Gasteiger partial charge < -0.3 is 19.3 Å². The molecule has 0 aliphatic carbocycles. The molecule has 0 aromatic rings. The summed E-state index contributed by atoms with van der Waals surface area (Å²) in [6, 6.07) is 0. The van der Waals surface area contributed by atoms with Crippen LogP contribution in [0.15, 0.2) is 12.2 Å². The molecule has 0 fully saturated rings. The van der Waals surface area contributed by atoms with Crippen LogP contribution in [0.1, 0.15) is 0 Å². The van der Waals surface area contributed by atoms with Crippen LogP contribution in [0, 0.1) is 0 Å². The second-order valence-electron chi connectivity index (χ2n) is 1.95. The monoisotopic (exact) mass is 176 g/mol. The van der Waals surface area contributed by atoms with Crippen molar-refractivity contribution in [1.82, 2.24) is 0 Å². The minimum absolute atomic E-state index is 0.310. The predicted molar refractivity (Wildman–Crippen MR) is 40.5 cm³/mol. The largest absolute Gasteiger partial charge is 0.478 e. The van der Waals surface area contributed by atoms with Crippen LogP contribution in [0.3, 0.4) is 0 Å². The van der Waals surface area contributed by atoms with E-state index in [-0.39, 0.29) is 5.57 Å². The molecule has 5 heteroatoms. The summed E-state index contributed by atoms with van der Waals surface area (Å²) in [6.45, 7) is 3.26. The molecule has 0 saturated heterocycles. The SMILES string of the molecule is C=C(C(=O)O)C(OC)(OC)OC. The van der Waals surface area contributed by atoms with E-state index >= 15 is 0 Å². The van der Waals surface area contributed by atoms with Gasteiger partial charge in [-0.15, -0.1) is 0 Å². The van der Waals surface area contributed by atoms with Gasteiger partial charge in [0.1, 0.15) is 5.57 Å². The average molecular weight is 176 g/mol. The molecule has 0 saturated carbocycles. The summed E-state index contributed by atoms with van der Waals surface area (Å²) >= 11 is 0. The standard InChI is InChI=1S/C7H12O5/c1-5(6(8)9)7(10-2,11-3)12-4/h1H2,2-4H3,(H,8,9). The Bertz CT molecular complexity index is 174. The molecule has 0 aromatic carbocycles. The molecule has 5 nitrogen and oxygen atoms in total. The first-order chi connectivity index (χ1) is 5.54. The van der Waals surface area contributed by atoms with Crippen LogP contribution in [-0.2, 0) is 19.0 Å². The van der Waals surface area contributed by atoms with Crippen molar-refractivity contribution in [1.29, 1.82) is 0 Å². The van der Waals surface area contributed by atoms with Gasteiger partial charge in [0, 0.05) is 21.3 Å². The fraction of sp³-hybridized carbons (Fsp3) is 0.571. The smallest absolute Gasteiger partial charge is 0.339 e. The zero-order chi connectivity index (χ0) is 9.78. The van der Waals surface area contributed by atoms with Crippen LogP contribution in [0.5, 0.6) is 0 Å². The van der Waals surface area contributed by atoms with Crippen LogP contribution < -0.4 is 0 Å². The Hall–Kier alpha value is -0.910. The number of ether oxygens (including phenoxy) is 3. The molecule has 0 aliphatic heterocycles. The lowest BCUT2D eigenvalue weighted by Crippen LogP contribution is -2.40. The van der Waals surface area contributed by atoms with Crippen molar-refractivity contribution in [3.05, 3.63) is 12.2 Å². The van der Waals surface area contributed by atoms with E-state index in [9.17, 15) is 4.79 Å². The number of hydrogen-bond donors (Lipinski definition) is 1. The minimum atomic E-state index is -1.69. The second-order valence-corrected chi connectivity index (χ2v) is 1.95. The van der Waals surface area contributed by atoms with Gasteiger partial charge in [0.2, 0.25) is 0 Å². The summed E-state index contributed by atoms with van der Waals surface area (Å²) in [6.07, 6.45) is 0. The minimum Gasteiger partial charge on any atom is -0.478 e. The lowest BCUT2D eigenvalue weighted by molar-refractivity contribution is -0.325. The van der Waals surface area contributed by atoms with Crippen molar-refractivity contribution in [2.45, 2.75) is 5.97 Å². The maximum absolute atomic E-state index is 10.5. The Morgan fingerprint density at radius 3 is 1.67 bits per heavy atom. The van der Waals surface area contributed by atoms with Crippen LogP contribution in [0.2, 0.25) is 0 Å². The van der Waals surface area contributed by atoms with Gasteiger partial charge in [0.05, 0.1) is 0 Å². The number of rotatable bonds is 5. The molecule has 0 bridgehead atoms. The number of aliphatic carboxylic acids is 1. The Balaban J connectivity index is 4.71. The Morgan fingerprint density at radius 1 is 1.25 bits per heavy atom.